The van der Waals surface area contributed by atoms with E-state index in [0.29, 0.717) is 29.3 Å². The second kappa shape index (κ2) is 6.92. The van der Waals surface area contributed by atoms with Gasteiger partial charge in [-0.3, -0.25) is 9.59 Å². The van der Waals surface area contributed by atoms with Gasteiger partial charge in [-0.25, -0.2) is 8.78 Å². The van der Waals surface area contributed by atoms with E-state index in [2.05, 4.69) is 10.6 Å². The minimum Gasteiger partial charge on any atom is -0.495 e. The maximum atomic E-state index is 13.3. The fourth-order valence-electron chi connectivity index (χ4n) is 2.53. The van der Waals surface area contributed by atoms with E-state index in [9.17, 15) is 18.4 Å². The number of methoxy groups -OCH3 is 1. The zero-order valence-corrected chi connectivity index (χ0v) is 14.5. The van der Waals surface area contributed by atoms with Crippen LogP contribution < -0.4 is 15.4 Å². The van der Waals surface area contributed by atoms with Crippen LogP contribution in [-0.4, -0.2) is 18.9 Å². The first-order valence-corrected chi connectivity index (χ1v) is 8.15. The minimum atomic E-state index is -1.27. The summed E-state index contributed by atoms with van der Waals surface area (Å²) < 4.78 is 31.4. The molecule has 1 aliphatic rings. The third kappa shape index (κ3) is 3.48. The molecule has 2 aromatic carbocycles. The van der Waals surface area contributed by atoms with Gasteiger partial charge in [0.15, 0.2) is 11.6 Å². The number of halogens is 3. The fourth-order valence-corrected chi connectivity index (χ4v) is 2.70. The number of hydrogen-bond donors (Lipinski definition) is 2. The summed E-state index contributed by atoms with van der Waals surface area (Å²) in [6.07, 6.45) is 0.689. The van der Waals surface area contributed by atoms with Crippen molar-refractivity contribution in [2.24, 2.45) is 5.41 Å². The highest BCUT2D eigenvalue weighted by atomic mass is 35.5. The molecular weight excluding hydrogens is 366 g/mol. The Morgan fingerprint density at radius 1 is 1.04 bits per heavy atom. The lowest BCUT2D eigenvalue weighted by atomic mass is 10.0. The molecule has 26 heavy (non-hydrogen) atoms. The molecule has 2 N–H and O–H groups in total. The molecule has 0 unspecified atom stereocenters. The van der Waals surface area contributed by atoms with Crippen molar-refractivity contribution in [2.45, 2.75) is 12.8 Å². The number of ether oxygens (including phenoxy) is 1. The van der Waals surface area contributed by atoms with Gasteiger partial charge in [-0.15, -0.1) is 0 Å². The SMILES string of the molecule is COc1ccc(Cl)cc1NC(=O)C1(C(=O)Nc2ccc(F)c(F)c2)CC1. The van der Waals surface area contributed by atoms with Gasteiger partial charge in [0.1, 0.15) is 11.2 Å². The lowest BCUT2D eigenvalue weighted by Gasteiger charge is -2.17. The molecule has 1 aliphatic carbocycles. The summed E-state index contributed by atoms with van der Waals surface area (Å²) in [5, 5.41) is 5.50. The van der Waals surface area contributed by atoms with E-state index in [-0.39, 0.29) is 5.69 Å². The molecule has 136 valence electrons. The van der Waals surface area contributed by atoms with Gasteiger partial charge >= 0.3 is 0 Å². The second-order valence-electron chi connectivity index (χ2n) is 5.96. The average Bonchev–Trinajstić information content (AvgIpc) is 3.40. The summed E-state index contributed by atoms with van der Waals surface area (Å²) in [5.74, 6) is -2.80. The third-order valence-electron chi connectivity index (χ3n) is 4.21. The molecule has 2 amide bonds. The van der Waals surface area contributed by atoms with Crippen molar-refractivity contribution in [3.63, 3.8) is 0 Å². The Morgan fingerprint density at radius 2 is 1.73 bits per heavy atom. The van der Waals surface area contributed by atoms with E-state index >= 15 is 0 Å². The summed E-state index contributed by atoms with van der Waals surface area (Å²) in [5.41, 5.74) is -0.844. The summed E-state index contributed by atoms with van der Waals surface area (Å²) in [6.45, 7) is 0. The standard InChI is InChI=1S/C18H15ClF2N2O3/c1-26-15-5-2-10(19)8-14(15)23-17(25)18(6-7-18)16(24)22-11-3-4-12(20)13(21)9-11/h2-5,8-9H,6-7H2,1H3,(H,22,24)(H,23,25). The number of anilines is 2. The van der Waals surface area contributed by atoms with Crippen LogP contribution in [0.1, 0.15) is 12.8 Å². The summed E-state index contributed by atoms with van der Waals surface area (Å²) in [7, 11) is 1.45. The largest absolute Gasteiger partial charge is 0.495 e. The highest BCUT2D eigenvalue weighted by Gasteiger charge is 2.56. The fraction of sp³-hybridized carbons (Fsp3) is 0.222. The van der Waals surface area contributed by atoms with Crippen molar-refractivity contribution in [3.8, 4) is 5.75 Å². The topological polar surface area (TPSA) is 67.4 Å². The number of carbonyl (C=O) groups is 2. The molecular formula is C18H15ClF2N2O3. The summed E-state index contributed by atoms with van der Waals surface area (Å²) in [6, 6.07) is 7.71. The number of benzene rings is 2. The zero-order chi connectivity index (χ0) is 18.9. The van der Waals surface area contributed by atoms with E-state index < -0.39 is 28.9 Å². The van der Waals surface area contributed by atoms with Gasteiger partial charge in [-0.1, -0.05) is 11.6 Å². The molecule has 0 aliphatic heterocycles. The Labute approximate surface area is 153 Å². The molecule has 0 spiro atoms. The van der Waals surface area contributed by atoms with Gasteiger partial charge < -0.3 is 15.4 Å². The van der Waals surface area contributed by atoms with Crippen molar-refractivity contribution >= 4 is 34.8 Å². The maximum Gasteiger partial charge on any atom is 0.240 e. The summed E-state index contributed by atoms with van der Waals surface area (Å²) >= 11 is 5.93. The van der Waals surface area contributed by atoms with Crippen LogP contribution in [0.25, 0.3) is 0 Å². The molecule has 1 fully saturated rings. The smallest absolute Gasteiger partial charge is 0.240 e. The van der Waals surface area contributed by atoms with Crippen LogP contribution in [-0.2, 0) is 9.59 Å². The normalized spacial score (nSPS) is 14.5. The van der Waals surface area contributed by atoms with Crippen LogP contribution in [0.2, 0.25) is 5.02 Å². The maximum absolute atomic E-state index is 13.3. The van der Waals surface area contributed by atoms with Gasteiger partial charge in [-0.05, 0) is 43.2 Å². The molecule has 5 nitrogen and oxygen atoms in total. The lowest BCUT2D eigenvalue weighted by Crippen LogP contribution is -2.35. The molecule has 1 saturated carbocycles. The van der Waals surface area contributed by atoms with Crippen LogP contribution in [0.15, 0.2) is 36.4 Å². The first kappa shape index (κ1) is 18.1. The van der Waals surface area contributed by atoms with Crippen LogP contribution in [0.4, 0.5) is 20.2 Å². The van der Waals surface area contributed by atoms with Gasteiger partial charge in [0.25, 0.3) is 0 Å². The second-order valence-corrected chi connectivity index (χ2v) is 6.40. The Hall–Kier alpha value is -2.67. The Bertz CT molecular complexity index is 885. The molecule has 0 aromatic heterocycles. The van der Waals surface area contributed by atoms with E-state index in [1.165, 1.54) is 19.2 Å². The molecule has 0 saturated heterocycles. The molecule has 8 heteroatoms. The molecule has 3 rings (SSSR count). The molecule has 2 aromatic rings. The number of amides is 2. The van der Waals surface area contributed by atoms with Crippen LogP contribution in [0.5, 0.6) is 5.75 Å². The van der Waals surface area contributed by atoms with Crippen molar-refractivity contribution < 1.29 is 23.1 Å². The quantitative estimate of drug-likeness (QED) is 0.771. The lowest BCUT2D eigenvalue weighted by molar-refractivity contribution is -0.131. The highest BCUT2D eigenvalue weighted by molar-refractivity contribution is 6.31. The number of hydrogen-bond acceptors (Lipinski definition) is 3. The van der Waals surface area contributed by atoms with Crippen LogP contribution in [0, 0.1) is 17.0 Å². The van der Waals surface area contributed by atoms with Crippen molar-refractivity contribution in [1.29, 1.82) is 0 Å². The van der Waals surface area contributed by atoms with E-state index in [0.717, 1.165) is 12.1 Å². The van der Waals surface area contributed by atoms with Crippen molar-refractivity contribution in [1.82, 2.24) is 0 Å². The monoisotopic (exact) mass is 380 g/mol. The highest BCUT2D eigenvalue weighted by Crippen LogP contribution is 2.48. The first-order chi connectivity index (χ1) is 12.4. The van der Waals surface area contributed by atoms with E-state index in [1.54, 1.807) is 12.1 Å². The summed E-state index contributed by atoms with van der Waals surface area (Å²) in [4.78, 5) is 25.1. The van der Waals surface area contributed by atoms with Crippen molar-refractivity contribution in [3.05, 3.63) is 53.1 Å². The Balaban J connectivity index is 1.75. The number of carbonyl (C=O) groups excluding carboxylic acids is 2. The van der Waals surface area contributed by atoms with Crippen LogP contribution >= 0.6 is 11.6 Å². The Morgan fingerprint density at radius 3 is 2.35 bits per heavy atom. The predicted octanol–water partition coefficient (Wildman–Crippen LogP) is 3.98. The Kier molecular flexibility index (Phi) is 4.82. The molecule has 0 heterocycles. The minimum absolute atomic E-state index is 0.0771. The molecule has 0 atom stereocenters. The molecule has 0 bridgehead atoms. The first-order valence-electron chi connectivity index (χ1n) is 7.77. The number of rotatable bonds is 5. The van der Waals surface area contributed by atoms with Gasteiger partial charge in [0.2, 0.25) is 11.8 Å². The van der Waals surface area contributed by atoms with E-state index in [4.69, 9.17) is 16.3 Å². The average molecular weight is 381 g/mol. The number of nitrogens with one attached hydrogen (secondary N) is 2. The third-order valence-corrected chi connectivity index (χ3v) is 4.44. The zero-order valence-electron chi connectivity index (χ0n) is 13.7. The van der Waals surface area contributed by atoms with Gasteiger partial charge in [0, 0.05) is 16.8 Å². The van der Waals surface area contributed by atoms with Crippen LogP contribution in [0.3, 0.4) is 0 Å². The predicted molar refractivity (Wildman–Crippen MR) is 93.3 cm³/mol. The van der Waals surface area contributed by atoms with Crippen molar-refractivity contribution in [2.75, 3.05) is 17.7 Å². The van der Waals surface area contributed by atoms with Gasteiger partial charge in [0.05, 0.1) is 12.8 Å². The molecule has 0 radical (unpaired) electrons. The van der Waals surface area contributed by atoms with E-state index in [1.807, 2.05) is 0 Å². The van der Waals surface area contributed by atoms with Gasteiger partial charge in [-0.2, -0.15) is 0 Å².